The van der Waals surface area contributed by atoms with Crippen LogP contribution in [0.15, 0.2) is 41.3 Å². The van der Waals surface area contributed by atoms with E-state index in [9.17, 15) is 17.2 Å². The van der Waals surface area contributed by atoms with E-state index in [0.717, 1.165) is 18.4 Å². The van der Waals surface area contributed by atoms with Crippen LogP contribution in [-0.4, -0.2) is 14.7 Å². The summed E-state index contributed by atoms with van der Waals surface area (Å²) < 4.78 is 49.7. The molecule has 0 heterocycles. The highest BCUT2D eigenvalue weighted by atomic mass is 35.5. The van der Waals surface area contributed by atoms with Gasteiger partial charge in [0, 0.05) is 17.8 Å². The second-order valence-corrected chi connectivity index (χ2v) is 7.00. The van der Waals surface area contributed by atoms with Crippen LogP contribution in [0.1, 0.15) is 5.56 Å². The van der Waals surface area contributed by atoms with E-state index in [2.05, 4.69) is 5.32 Å². The maximum absolute atomic E-state index is 13.7. The first-order chi connectivity index (χ1) is 9.75. The topological polar surface area (TPSA) is 46.2 Å². The van der Waals surface area contributed by atoms with Crippen LogP contribution < -0.4 is 5.32 Å². The first-order valence-corrected chi connectivity index (χ1v) is 8.21. The number of sulfone groups is 1. The highest BCUT2D eigenvalue weighted by molar-refractivity contribution is 7.90. The summed E-state index contributed by atoms with van der Waals surface area (Å²) in [5.74, 6) is -1.09. The van der Waals surface area contributed by atoms with Gasteiger partial charge in [-0.15, -0.1) is 0 Å². The van der Waals surface area contributed by atoms with E-state index in [1.807, 2.05) is 0 Å². The van der Waals surface area contributed by atoms with Gasteiger partial charge < -0.3 is 5.32 Å². The molecule has 2 rings (SSSR count). The summed E-state index contributed by atoms with van der Waals surface area (Å²) in [7, 11) is -3.43. The minimum atomic E-state index is -3.43. The molecule has 0 fully saturated rings. The monoisotopic (exact) mass is 331 g/mol. The maximum Gasteiger partial charge on any atom is 0.175 e. The Morgan fingerprint density at radius 1 is 1.14 bits per heavy atom. The van der Waals surface area contributed by atoms with E-state index in [4.69, 9.17) is 11.6 Å². The third-order valence-electron chi connectivity index (χ3n) is 2.77. The predicted octanol–water partition coefficient (Wildman–Crippen LogP) is 3.63. The third-order valence-corrected chi connectivity index (χ3v) is 4.10. The van der Waals surface area contributed by atoms with Crippen LogP contribution in [-0.2, 0) is 16.4 Å². The molecule has 0 radical (unpaired) electrons. The Morgan fingerprint density at radius 2 is 1.86 bits per heavy atom. The van der Waals surface area contributed by atoms with Crippen molar-refractivity contribution in [2.75, 3.05) is 11.6 Å². The van der Waals surface area contributed by atoms with Crippen LogP contribution in [0.2, 0.25) is 5.02 Å². The molecule has 0 bridgehead atoms. The smallest absolute Gasteiger partial charge is 0.175 e. The molecule has 2 aromatic rings. The van der Waals surface area contributed by atoms with Crippen molar-refractivity contribution < 1.29 is 17.2 Å². The minimum Gasteiger partial charge on any atom is -0.379 e. The molecule has 0 aliphatic carbocycles. The molecule has 0 unspecified atom stereocenters. The number of nitrogens with one attached hydrogen (secondary N) is 1. The molecule has 21 heavy (non-hydrogen) atoms. The largest absolute Gasteiger partial charge is 0.379 e. The average Bonchev–Trinajstić information content (AvgIpc) is 2.35. The van der Waals surface area contributed by atoms with Gasteiger partial charge in [-0.3, -0.25) is 0 Å². The Morgan fingerprint density at radius 3 is 2.48 bits per heavy atom. The van der Waals surface area contributed by atoms with E-state index in [0.29, 0.717) is 5.56 Å². The van der Waals surface area contributed by atoms with E-state index in [1.165, 1.54) is 24.3 Å². The third kappa shape index (κ3) is 4.15. The standard InChI is InChI=1S/C14H12ClF2NO2S/c1-21(19,20)12-2-3-13(17)14(7-12)18-8-9-4-10(15)6-11(16)5-9/h2-7,18H,8H2,1H3. The fourth-order valence-corrected chi connectivity index (χ4v) is 2.67. The molecule has 112 valence electrons. The molecule has 7 heteroatoms. The molecular formula is C14H12ClF2NO2S. The molecule has 3 nitrogen and oxygen atoms in total. The number of anilines is 1. The van der Waals surface area contributed by atoms with Crippen LogP contribution in [0.5, 0.6) is 0 Å². The fourth-order valence-electron chi connectivity index (χ4n) is 1.78. The predicted molar refractivity (Wildman–Crippen MR) is 78.2 cm³/mol. The number of hydrogen-bond donors (Lipinski definition) is 1. The second-order valence-electron chi connectivity index (χ2n) is 4.55. The van der Waals surface area contributed by atoms with Gasteiger partial charge in [-0.2, -0.15) is 0 Å². The van der Waals surface area contributed by atoms with E-state index in [-0.39, 0.29) is 22.2 Å². The van der Waals surface area contributed by atoms with Crippen molar-refractivity contribution in [1.29, 1.82) is 0 Å². The highest BCUT2D eigenvalue weighted by Crippen LogP contribution is 2.21. The normalized spacial score (nSPS) is 11.4. The fraction of sp³-hybridized carbons (Fsp3) is 0.143. The second kappa shape index (κ2) is 5.99. The molecular weight excluding hydrogens is 320 g/mol. The zero-order valence-corrected chi connectivity index (χ0v) is 12.6. The van der Waals surface area contributed by atoms with Crippen molar-refractivity contribution in [2.24, 2.45) is 0 Å². The van der Waals surface area contributed by atoms with Crippen LogP contribution in [0.25, 0.3) is 0 Å². The molecule has 0 amide bonds. The van der Waals surface area contributed by atoms with Gasteiger partial charge in [-0.25, -0.2) is 17.2 Å². The first-order valence-electron chi connectivity index (χ1n) is 5.94. The minimum absolute atomic E-state index is 0.00340. The zero-order chi connectivity index (χ0) is 15.6. The summed E-state index contributed by atoms with van der Waals surface area (Å²) in [5.41, 5.74) is 0.544. The van der Waals surface area contributed by atoms with Crippen LogP contribution >= 0.6 is 11.6 Å². The Bertz CT molecular complexity index is 758. The van der Waals surface area contributed by atoms with Crippen LogP contribution in [0.4, 0.5) is 14.5 Å². The molecule has 0 aliphatic rings. The molecule has 1 N–H and O–H groups in total. The van der Waals surface area contributed by atoms with E-state index >= 15 is 0 Å². The Balaban J connectivity index is 2.23. The van der Waals surface area contributed by atoms with Gasteiger partial charge in [0.2, 0.25) is 0 Å². The first kappa shape index (κ1) is 15.7. The van der Waals surface area contributed by atoms with E-state index in [1.54, 1.807) is 0 Å². The van der Waals surface area contributed by atoms with Gasteiger partial charge in [0.25, 0.3) is 0 Å². The number of rotatable bonds is 4. The molecule has 0 aromatic heterocycles. The molecule has 0 spiro atoms. The summed E-state index contributed by atoms with van der Waals surface area (Å²) in [6, 6.07) is 7.42. The Kier molecular flexibility index (Phi) is 4.49. The van der Waals surface area contributed by atoms with Gasteiger partial charge in [-0.1, -0.05) is 11.6 Å². The number of halogens is 3. The molecule has 0 saturated carbocycles. The summed E-state index contributed by atoms with van der Waals surface area (Å²) in [5, 5.41) is 2.96. The van der Waals surface area contributed by atoms with Crippen molar-refractivity contribution in [3.05, 3.63) is 58.6 Å². The van der Waals surface area contributed by atoms with Crippen molar-refractivity contribution in [1.82, 2.24) is 0 Å². The molecule has 0 saturated heterocycles. The lowest BCUT2D eigenvalue weighted by Gasteiger charge is -2.10. The summed E-state index contributed by atoms with van der Waals surface area (Å²) in [4.78, 5) is 0.00340. The quantitative estimate of drug-likeness (QED) is 0.870. The van der Waals surface area contributed by atoms with Crippen LogP contribution in [0, 0.1) is 11.6 Å². The number of hydrogen-bond acceptors (Lipinski definition) is 3. The maximum atomic E-state index is 13.7. The van der Waals surface area contributed by atoms with Gasteiger partial charge in [0.05, 0.1) is 10.6 Å². The average molecular weight is 332 g/mol. The number of benzene rings is 2. The molecule has 0 aliphatic heterocycles. The van der Waals surface area contributed by atoms with E-state index < -0.39 is 21.5 Å². The van der Waals surface area contributed by atoms with Gasteiger partial charge in [0.1, 0.15) is 11.6 Å². The Hall–Kier alpha value is -1.66. The molecule has 0 atom stereocenters. The van der Waals surface area contributed by atoms with Crippen molar-refractivity contribution >= 4 is 27.1 Å². The summed E-state index contributed by atoms with van der Waals surface area (Å²) in [6.45, 7) is 0.113. The van der Waals surface area contributed by atoms with Gasteiger partial charge in [-0.05, 0) is 42.0 Å². The lowest BCUT2D eigenvalue weighted by Crippen LogP contribution is -2.04. The summed E-state index contributed by atoms with van der Waals surface area (Å²) >= 11 is 5.73. The van der Waals surface area contributed by atoms with Crippen LogP contribution in [0.3, 0.4) is 0 Å². The molecule has 2 aromatic carbocycles. The van der Waals surface area contributed by atoms with Crippen molar-refractivity contribution in [2.45, 2.75) is 11.4 Å². The van der Waals surface area contributed by atoms with Gasteiger partial charge in [0.15, 0.2) is 9.84 Å². The lowest BCUT2D eigenvalue weighted by atomic mass is 10.2. The van der Waals surface area contributed by atoms with Gasteiger partial charge >= 0.3 is 0 Å². The lowest BCUT2D eigenvalue weighted by molar-refractivity contribution is 0.600. The highest BCUT2D eigenvalue weighted by Gasteiger charge is 2.11. The Labute approximate surface area is 126 Å². The SMILES string of the molecule is CS(=O)(=O)c1ccc(F)c(NCc2cc(F)cc(Cl)c2)c1. The van der Waals surface area contributed by atoms with Crippen molar-refractivity contribution in [3.8, 4) is 0 Å². The zero-order valence-electron chi connectivity index (χ0n) is 11.0. The summed E-state index contributed by atoms with van der Waals surface area (Å²) in [6.07, 6.45) is 1.04. The van der Waals surface area contributed by atoms with Crippen molar-refractivity contribution in [3.63, 3.8) is 0 Å².